The topological polar surface area (TPSA) is 40.5 Å². The molecule has 1 aliphatic rings. The highest BCUT2D eigenvalue weighted by atomic mass is 19.4. The van der Waals surface area contributed by atoms with Gasteiger partial charge in [0.05, 0.1) is 0 Å². The Kier molecular flexibility index (Phi) is 3.42. The lowest BCUT2D eigenvalue weighted by Gasteiger charge is -2.37. The maximum Gasteiger partial charge on any atom is 0.417 e. The molecule has 84 valence electrons. The van der Waals surface area contributed by atoms with Crippen LogP contribution in [0.1, 0.15) is 32.1 Å². The molecule has 0 aliphatic heterocycles. The molecule has 0 radical (unpaired) electrons. The van der Waals surface area contributed by atoms with Crippen molar-refractivity contribution in [3.63, 3.8) is 0 Å². The Hall–Kier alpha value is -0.290. The first-order valence-corrected chi connectivity index (χ1v) is 4.79. The van der Waals surface area contributed by atoms with Gasteiger partial charge >= 0.3 is 6.18 Å². The maximum atomic E-state index is 12.3. The lowest BCUT2D eigenvalue weighted by atomic mass is 9.77. The van der Waals surface area contributed by atoms with Crippen LogP contribution in [0.5, 0.6) is 0 Å². The van der Waals surface area contributed by atoms with Gasteiger partial charge < -0.3 is 10.2 Å². The van der Waals surface area contributed by atoms with E-state index in [9.17, 15) is 18.3 Å². The van der Waals surface area contributed by atoms with Crippen molar-refractivity contribution in [3.05, 3.63) is 0 Å². The summed E-state index contributed by atoms with van der Waals surface area (Å²) in [6, 6.07) is 0. The van der Waals surface area contributed by atoms with Crippen molar-refractivity contribution in [1.82, 2.24) is 0 Å². The summed E-state index contributed by atoms with van der Waals surface area (Å²) < 4.78 is 37.0. The first kappa shape index (κ1) is 11.8. The van der Waals surface area contributed by atoms with Gasteiger partial charge in [0.1, 0.15) is 0 Å². The molecule has 0 atom stereocenters. The van der Waals surface area contributed by atoms with Gasteiger partial charge in [-0.25, -0.2) is 0 Å². The maximum absolute atomic E-state index is 12.3. The highest BCUT2D eigenvalue weighted by Crippen LogP contribution is 2.43. The number of aliphatic hydroxyl groups excluding tert-OH is 1. The fourth-order valence-electron chi connectivity index (χ4n) is 1.91. The highest BCUT2D eigenvalue weighted by molar-refractivity contribution is 4.91. The van der Waals surface area contributed by atoms with Gasteiger partial charge in [-0.2, -0.15) is 13.2 Å². The van der Waals surface area contributed by atoms with Crippen molar-refractivity contribution in [3.8, 4) is 0 Å². The standard InChI is InChI=1S/C9H15F3O2/c10-9(11,12)8(14)4-1-7(2-5-8)3-6-13/h7,13-14H,1-6H2/t7-,8+. The monoisotopic (exact) mass is 212 g/mol. The van der Waals surface area contributed by atoms with Gasteiger partial charge in [-0.15, -0.1) is 0 Å². The lowest BCUT2D eigenvalue weighted by molar-refractivity contribution is -0.272. The molecule has 1 fully saturated rings. The predicted octanol–water partition coefficient (Wildman–Crippen LogP) is 1.85. The Morgan fingerprint density at radius 3 is 2.07 bits per heavy atom. The molecule has 0 bridgehead atoms. The fourth-order valence-corrected chi connectivity index (χ4v) is 1.91. The molecular weight excluding hydrogens is 197 g/mol. The van der Waals surface area contributed by atoms with Gasteiger partial charge in [0.15, 0.2) is 5.60 Å². The summed E-state index contributed by atoms with van der Waals surface area (Å²) >= 11 is 0. The summed E-state index contributed by atoms with van der Waals surface area (Å²) in [5.74, 6) is 0.127. The molecule has 0 spiro atoms. The second kappa shape index (κ2) is 4.06. The summed E-state index contributed by atoms with van der Waals surface area (Å²) in [6.45, 7) is 0.00904. The molecule has 0 unspecified atom stereocenters. The Morgan fingerprint density at radius 2 is 1.71 bits per heavy atom. The second-order valence-electron chi connectivity index (χ2n) is 3.99. The van der Waals surface area contributed by atoms with Crippen molar-refractivity contribution in [1.29, 1.82) is 0 Å². The molecule has 1 rings (SSSR count). The van der Waals surface area contributed by atoms with Crippen LogP contribution in [-0.2, 0) is 0 Å². The smallest absolute Gasteiger partial charge is 0.396 e. The third-order valence-electron chi connectivity index (χ3n) is 3.00. The van der Waals surface area contributed by atoms with Crippen LogP contribution in [0.15, 0.2) is 0 Å². The number of alkyl halides is 3. The summed E-state index contributed by atoms with van der Waals surface area (Å²) in [4.78, 5) is 0. The zero-order valence-corrected chi connectivity index (χ0v) is 7.85. The molecule has 14 heavy (non-hydrogen) atoms. The van der Waals surface area contributed by atoms with Crippen molar-refractivity contribution in [2.75, 3.05) is 6.61 Å². The van der Waals surface area contributed by atoms with Gasteiger partial charge in [0.2, 0.25) is 0 Å². The van der Waals surface area contributed by atoms with E-state index in [-0.39, 0.29) is 25.4 Å². The molecular formula is C9H15F3O2. The first-order chi connectivity index (χ1) is 6.39. The summed E-state index contributed by atoms with van der Waals surface area (Å²) in [6.07, 6.45) is -3.76. The normalized spacial score (nSPS) is 34.5. The van der Waals surface area contributed by atoms with E-state index in [1.54, 1.807) is 0 Å². The average molecular weight is 212 g/mol. The van der Waals surface area contributed by atoms with E-state index >= 15 is 0 Å². The minimum Gasteiger partial charge on any atom is -0.396 e. The van der Waals surface area contributed by atoms with Crippen LogP contribution < -0.4 is 0 Å². The quantitative estimate of drug-likeness (QED) is 0.733. The molecule has 0 saturated heterocycles. The Labute approximate surface area is 80.7 Å². The number of hydrogen-bond donors (Lipinski definition) is 2. The van der Waals surface area contributed by atoms with Crippen molar-refractivity contribution < 1.29 is 23.4 Å². The van der Waals surface area contributed by atoms with Crippen molar-refractivity contribution in [2.24, 2.45) is 5.92 Å². The highest BCUT2D eigenvalue weighted by Gasteiger charge is 2.54. The van der Waals surface area contributed by atoms with Gasteiger partial charge in [-0.05, 0) is 38.0 Å². The van der Waals surface area contributed by atoms with E-state index in [0.717, 1.165) is 0 Å². The first-order valence-electron chi connectivity index (χ1n) is 4.79. The fraction of sp³-hybridized carbons (Fsp3) is 1.00. The van der Waals surface area contributed by atoms with E-state index in [4.69, 9.17) is 5.11 Å². The molecule has 0 aromatic heterocycles. The number of aliphatic hydroxyl groups is 2. The van der Waals surface area contributed by atoms with Crippen LogP contribution in [0.3, 0.4) is 0 Å². The van der Waals surface area contributed by atoms with Gasteiger partial charge in [-0.3, -0.25) is 0 Å². The third kappa shape index (κ3) is 2.39. The SMILES string of the molecule is OCC[C@H]1CC[C@](O)(C(F)(F)F)CC1. The van der Waals surface area contributed by atoms with Crippen LogP contribution in [0, 0.1) is 5.92 Å². The molecule has 2 N–H and O–H groups in total. The van der Waals surface area contributed by atoms with E-state index in [1.165, 1.54) is 0 Å². The van der Waals surface area contributed by atoms with Crippen molar-refractivity contribution >= 4 is 0 Å². The molecule has 5 heteroatoms. The number of halogens is 3. The molecule has 0 aromatic rings. The molecule has 0 amide bonds. The summed E-state index contributed by atoms with van der Waals surface area (Å²) in [5, 5.41) is 17.9. The van der Waals surface area contributed by atoms with E-state index < -0.39 is 11.8 Å². The minimum atomic E-state index is -4.52. The second-order valence-corrected chi connectivity index (χ2v) is 3.99. The van der Waals surface area contributed by atoms with Crippen LogP contribution in [-0.4, -0.2) is 28.6 Å². The third-order valence-corrected chi connectivity index (χ3v) is 3.00. The average Bonchev–Trinajstić information content (AvgIpc) is 2.08. The Morgan fingerprint density at radius 1 is 1.21 bits per heavy atom. The number of rotatable bonds is 2. The largest absolute Gasteiger partial charge is 0.417 e. The zero-order chi connectivity index (χ0) is 10.8. The van der Waals surface area contributed by atoms with Crippen LogP contribution >= 0.6 is 0 Å². The van der Waals surface area contributed by atoms with Crippen LogP contribution in [0.4, 0.5) is 13.2 Å². The Balaban J connectivity index is 2.49. The van der Waals surface area contributed by atoms with Gasteiger partial charge in [-0.1, -0.05) is 0 Å². The van der Waals surface area contributed by atoms with E-state index in [2.05, 4.69) is 0 Å². The van der Waals surface area contributed by atoms with E-state index in [0.29, 0.717) is 19.3 Å². The summed E-state index contributed by atoms with van der Waals surface area (Å²) in [7, 11) is 0. The van der Waals surface area contributed by atoms with Crippen LogP contribution in [0.2, 0.25) is 0 Å². The van der Waals surface area contributed by atoms with E-state index in [1.807, 2.05) is 0 Å². The minimum absolute atomic E-state index is 0.00904. The van der Waals surface area contributed by atoms with Crippen molar-refractivity contribution in [2.45, 2.75) is 43.9 Å². The van der Waals surface area contributed by atoms with Gasteiger partial charge in [0.25, 0.3) is 0 Å². The number of hydrogen-bond acceptors (Lipinski definition) is 2. The molecule has 0 heterocycles. The van der Waals surface area contributed by atoms with Gasteiger partial charge in [0, 0.05) is 6.61 Å². The predicted molar refractivity (Wildman–Crippen MR) is 44.7 cm³/mol. The molecule has 1 aliphatic carbocycles. The lowest BCUT2D eigenvalue weighted by Crippen LogP contribution is -2.47. The Bertz CT molecular complexity index is 183. The zero-order valence-electron chi connectivity index (χ0n) is 7.85. The summed E-state index contributed by atoms with van der Waals surface area (Å²) in [5.41, 5.74) is -2.49. The van der Waals surface area contributed by atoms with Crippen LogP contribution in [0.25, 0.3) is 0 Å². The molecule has 2 nitrogen and oxygen atoms in total. The molecule has 0 aromatic carbocycles. The molecule has 1 saturated carbocycles.